The van der Waals surface area contributed by atoms with Crippen molar-refractivity contribution in [3.05, 3.63) is 29.3 Å². The summed E-state index contributed by atoms with van der Waals surface area (Å²) in [5, 5.41) is 7.90. The summed E-state index contributed by atoms with van der Waals surface area (Å²) in [6, 6.07) is 6.24. The van der Waals surface area contributed by atoms with Crippen LogP contribution in [0.15, 0.2) is 28.4 Å². The SMILES string of the molecule is CC.CCC.Cc1ccc2c(c1)N=NC2. The van der Waals surface area contributed by atoms with E-state index in [1.165, 1.54) is 17.5 Å². The Balaban J connectivity index is 0.000000342. The van der Waals surface area contributed by atoms with E-state index < -0.39 is 0 Å². The minimum absolute atomic E-state index is 0.760. The van der Waals surface area contributed by atoms with Crippen molar-refractivity contribution in [2.75, 3.05) is 0 Å². The normalized spacial score (nSPS) is 10.7. The van der Waals surface area contributed by atoms with Crippen LogP contribution in [0.3, 0.4) is 0 Å². The standard InChI is InChI=1S/C8H8N2.C3H8.C2H6/c1-6-2-3-7-5-9-10-8(7)4-6;1-3-2;1-2/h2-4H,5H2,1H3;3H2,1-2H3;1-2H3. The molecule has 0 radical (unpaired) electrons. The van der Waals surface area contributed by atoms with Crippen molar-refractivity contribution in [2.24, 2.45) is 10.2 Å². The van der Waals surface area contributed by atoms with Crippen molar-refractivity contribution < 1.29 is 0 Å². The quantitative estimate of drug-likeness (QED) is 0.568. The molecule has 2 heteroatoms. The molecule has 2 rings (SSSR count). The minimum atomic E-state index is 0.760. The molecule has 0 spiro atoms. The van der Waals surface area contributed by atoms with Crippen molar-refractivity contribution in [3.63, 3.8) is 0 Å². The molecule has 84 valence electrons. The number of hydrogen-bond acceptors (Lipinski definition) is 2. The van der Waals surface area contributed by atoms with Crippen molar-refractivity contribution in [1.82, 2.24) is 0 Å². The second kappa shape index (κ2) is 8.16. The first-order chi connectivity index (χ1) is 7.27. The van der Waals surface area contributed by atoms with Gasteiger partial charge in [-0.3, -0.25) is 0 Å². The van der Waals surface area contributed by atoms with Crippen molar-refractivity contribution >= 4 is 5.69 Å². The molecule has 0 saturated carbocycles. The molecule has 0 unspecified atom stereocenters. The Labute approximate surface area is 93.4 Å². The van der Waals surface area contributed by atoms with E-state index in [9.17, 15) is 0 Å². The molecular weight excluding hydrogens is 184 g/mol. The third-order valence-electron chi connectivity index (χ3n) is 1.66. The zero-order valence-electron chi connectivity index (χ0n) is 10.5. The molecule has 1 aliphatic rings. The van der Waals surface area contributed by atoms with E-state index >= 15 is 0 Å². The molecule has 2 nitrogen and oxygen atoms in total. The molecule has 0 N–H and O–H groups in total. The summed E-state index contributed by atoms with van der Waals surface area (Å²) in [6.45, 7) is 11.1. The first-order valence-electron chi connectivity index (χ1n) is 5.75. The van der Waals surface area contributed by atoms with Gasteiger partial charge in [0.1, 0.15) is 0 Å². The number of nitrogens with zero attached hydrogens (tertiary/aromatic N) is 2. The molecule has 15 heavy (non-hydrogen) atoms. The fourth-order valence-electron chi connectivity index (χ4n) is 1.09. The zero-order valence-corrected chi connectivity index (χ0v) is 10.5. The highest BCUT2D eigenvalue weighted by molar-refractivity contribution is 5.49. The minimum Gasteiger partial charge on any atom is -0.184 e. The number of rotatable bonds is 0. The molecule has 0 amide bonds. The highest BCUT2D eigenvalue weighted by Crippen LogP contribution is 2.26. The number of fused-ring (bicyclic) bond motifs is 1. The molecule has 0 aliphatic carbocycles. The van der Waals surface area contributed by atoms with E-state index in [0.717, 1.165) is 12.2 Å². The lowest BCUT2D eigenvalue weighted by Crippen LogP contribution is -1.76. The Morgan fingerprint density at radius 2 is 1.80 bits per heavy atom. The highest BCUT2D eigenvalue weighted by atomic mass is 15.1. The summed E-state index contributed by atoms with van der Waals surface area (Å²) in [5.74, 6) is 0. The summed E-state index contributed by atoms with van der Waals surface area (Å²) in [5.41, 5.74) is 3.53. The average Bonchev–Trinajstić information content (AvgIpc) is 2.69. The van der Waals surface area contributed by atoms with Crippen LogP contribution in [0.5, 0.6) is 0 Å². The van der Waals surface area contributed by atoms with Gasteiger partial charge in [-0.05, 0) is 18.6 Å². The zero-order chi connectivity index (χ0) is 11.7. The Morgan fingerprint density at radius 3 is 2.40 bits per heavy atom. The Hall–Kier alpha value is -1.18. The van der Waals surface area contributed by atoms with Crippen LogP contribution in [-0.2, 0) is 6.54 Å². The summed E-state index contributed by atoms with van der Waals surface area (Å²) in [4.78, 5) is 0. The van der Waals surface area contributed by atoms with E-state index in [-0.39, 0.29) is 0 Å². The van der Waals surface area contributed by atoms with Crippen LogP contribution in [0, 0.1) is 6.92 Å². The molecule has 0 aromatic heterocycles. The van der Waals surface area contributed by atoms with Crippen molar-refractivity contribution in [2.45, 2.75) is 47.6 Å². The molecule has 0 atom stereocenters. The largest absolute Gasteiger partial charge is 0.184 e. The third kappa shape index (κ3) is 4.73. The molecule has 1 aromatic rings. The summed E-state index contributed by atoms with van der Waals surface area (Å²) in [7, 11) is 0. The van der Waals surface area contributed by atoms with Gasteiger partial charge in [0.2, 0.25) is 0 Å². The predicted octanol–water partition coefficient (Wildman–Crippen LogP) is 5.03. The van der Waals surface area contributed by atoms with Gasteiger partial charge in [0.15, 0.2) is 0 Å². The van der Waals surface area contributed by atoms with Gasteiger partial charge in [-0.1, -0.05) is 46.2 Å². The second-order valence-electron chi connectivity index (χ2n) is 3.24. The third-order valence-corrected chi connectivity index (χ3v) is 1.66. The van der Waals surface area contributed by atoms with E-state index in [0.29, 0.717) is 0 Å². The first kappa shape index (κ1) is 13.8. The first-order valence-corrected chi connectivity index (χ1v) is 5.75. The molecule has 0 bridgehead atoms. The van der Waals surface area contributed by atoms with E-state index in [1.807, 2.05) is 13.8 Å². The van der Waals surface area contributed by atoms with Crippen molar-refractivity contribution in [3.8, 4) is 0 Å². The molecular formula is C13H22N2. The van der Waals surface area contributed by atoms with Crippen LogP contribution in [0.1, 0.15) is 45.2 Å². The molecule has 1 aromatic carbocycles. The average molecular weight is 206 g/mol. The Kier molecular flexibility index (Phi) is 7.51. The van der Waals surface area contributed by atoms with E-state index in [4.69, 9.17) is 0 Å². The monoisotopic (exact) mass is 206 g/mol. The lowest BCUT2D eigenvalue weighted by atomic mass is 10.1. The summed E-state index contributed by atoms with van der Waals surface area (Å²) < 4.78 is 0. The maximum absolute atomic E-state index is 3.99. The van der Waals surface area contributed by atoms with Gasteiger partial charge in [-0.25, -0.2) is 0 Å². The van der Waals surface area contributed by atoms with Crippen LogP contribution in [0.25, 0.3) is 0 Å². The fraction of sp³-hybridized carbons (Fsp3) is 0.538. The summed E-state index contributed by atoms with van der Waals surface area (Å²) in [6.07, 6.45) is 1.25. The van der Waals surface area contributed by atoms with Crippen LogP contribution < -0.4 is 0 Å². The fourth-order valence-corrected chi connectivity index (χ4v) is 1.09. The van der Waals surface area contributed by atoms with Crippen LogP contribution >= 0.6 is 0 Å². The number of benzene rings is 1. The van der Waals surface area contributed by atoms with Crippen LogP contribution in [-0.4, -0.2) is 0 Å². The molecule has 1 heterocycles. The number of hydrogen-bond donors (Lipinski definition) is 0. The topological polar surface area (TPSA) is 24.7 Å². The maximum atomic E-state index is 3.99. The van der Waals surface area contributed by atoms with Crippen LogP contribution in [0.2, 0.25) is 0 Å². The van der Waals surface area contributed by atoms with E-state index in [2.05, 4.69) is 49.2 Å². The van der Waals surface area contributed by atoms with Gasteiger partial charge in [-0.2, -0.15) is 10.2 Å². The van der Waals surface area contributed by atoms with E-state index in [1.54, 1.807) is 0 Å². The lowest BCUT2D eigenvalue weighted by Gasteiger charge is -1.94. The van der Waals surface area contributed by atoms with Gasteiger partial charge in [0, 0.05) is 5.56 Å². The molecule has 0 saturated heterocycles. The van der Waals surface area contributed by atoms with Gasteiger partial charge in [0.05, 0.1) is 12.2 Å². The maximum Gasteiger partial charge on any atom is 0.0906 e. The number of aryl methyl sites for hydroxylation is 1. The smallest absolute Gasteiger partial charge is 0.0906 e. The predicted molar refractivity (Wildman–Crippen MR) is 66.7 cm³/mol. The lowest BCUT2D eigenvalue weighted by molar-refractivity contribution is 1.04. The summed E-state index contributed by atoms with van der Waals surface area (Å²) >= 11 is 0. The van der Waals surface area contributed by atoms with Gasteiger partial charge in [-0.15, -0.1) is 0 Å². The molecule has 0 fully saturated rings. The Morgan fingerprint density at radius 1 is 1.20 bits per heavy atom. The number of azo groups is 1. The molecule has 1 aliphatic heterocycles. The Bertz CT molecular complexity index is 303. The van der Waals surface area contributed by atoms with Gasteiger partial charge < -0.3 is 0 Å². The van der Waals surface area contributed by atoms with Crippen LogP contribution in [0.4, 0.5) is 5.69 Å². The highest BCUT2D eigenvalue weighted by Gasteiger charge is 2.05. The second-order valence-corrected chi connectivity index (χ2v) is 3.24. The van der Waals surface area contributed by atoms with Crippen molar-refractivity contribution in [1.29, 1.82) is 0 Å². The van der Waals surface area contributed by atoms with Gasteiger partial charge >= 0.3 is 0 Å². The van der Waals surface area contributed by atoms with Gasteiger partial charge in [0.25, 0.3) is 0 Å².